The molecule has 1 atom stereocenters. The average molecular weight is 251 g/mol. The second-order valence-corrected chi connectivity index (χ2v) is 4.81. The normalized spacial score (nSPS) is 17.6. The number of carbonyl (C=O) groups excluding carboxylic acids is 1. The zero-order chi connectivity index (χ0) is 13.1. The van der Waals surface area contributed by atoms with Gasteiger partial charge in [0.25, 0.3) is 5.91 Å². The number of aromatic carboxylic acids is 1. The van der Waals surface area contributed by atoms with Gasteiger partial charge in [-0.25, -0.2) is 4.79 Å². The fourth-order valence-corrected chi connectivity index (χ4v) is 2.42. The molecule has 1 aliphatic carbocycles. The van der Waals surface area contributed by atoms with Gasteiger partial charge in [-0.2, -0.15) is 0 Å². The summed E-state index contributed by atoms with van der Waals surface area (Å²) >= 11 is 0. The molecule has 18 heavy (non-hydrogen) atoms. The Kier molecular flexibility index (Phi) is 3.69. The number of furan rings is 1. The molecule has 2 rings (SSSR count). The van der Waals surface area contributed by atoms with Crippen molar-refractivity contribution < 1.29 is 19.1 Å². The molecule has 1 aromatic heterocycles. The molecule has 1 saturated carbocycles. The van der Waals surface area contributed by atoms with Crippen LogP contribution in [0.2, 0.25) is 0 Å². The van der Waals surface area contributed by atoms with E-state index in [1.165, 1.54) is 18.9 Å². The molecular weight excluding hydrogens is 234 g/mol. The van der Waals surface area contributed by atoms with Gasteiger partial charge in [0.05, 0.1) is 5.56 Å². The Hall–Kier alpha value is -1.78. The summed E-state index contributed by atoms with van der Waals surface area (Å²) in [5, 5.41) is 11.6. The number of hydrogen-bond donors (Lipinski definition) is 2. The third-order valence-corrected chi connectivity index (χ3v) is 3.54. The van der Waals surface area contributed by atoms with E-state index in [0.717, 1.165) is 19.1 Å². The van der Waals surface area contributed by atoms with Crippen LogP contribution in [-0.4, -0.2) is 23.0 Å². The van der Waals surface area contributed by atoms with Gasteiger partial charge in [-0.15, -0.1) is 0 Å². The Balaban J connectivity index is 1.95. The van der Waals surface area contributed by atoms with E-state index < -0.39 is 5.97 Å². The fraction of sp³-hybridized carbons (Fsp3) is 0.538. The van der Waals surface area contributed by atoms with Gasteiger partial charge in [-0.1, -0.05) is 12.8 Å². The first kappa shape index (κ1) is 12.7. The van der Waals surface area contributed by atoms with Crippen LogP contribution >= 0.6 is 0 Å². The molecule has 2 N–H and O–H groups in total. The van der Waals surface area contributed by atoms with Gasteiger partial charge in [0.1, 0.15) is 6.26 Å². The zero-order valence-electron chi connectivity index (χ0n) is 10.3. The van der Waals surface area contributed by atoms with Gasteiger partial charge >= 0.3 is 5.97 Å². The van der Waals surface area contributed by atoms with Gasteiger partial charge in [0.15, 0.2) is 5.76 Å². The van der Waals surface area contributed by atoms with Crippen LogP contribution in [-0.2, 0) is 0 Å². The van der Waals surface area contributed by atoms with Crippen molar-refractivity contribution in [2.45, 2.75) is 38.6 Å². The largest absolute Gasteiger partial charge is 0.478 e. The molecule has 0 saturated heterocycles. The van der Waals surface area contributed by atoms with Crippen molar-refractivity contribution >= 4 is 11.9 Å². The maximum absolute atomic E-state index is 11.8. The lowest BCUT2D eigenvalue weighted by atomic mass is 10.00. The molecule has 1 heterocycles. The van der Waals surface area contributed by atoms with E-state index in [-0.39, 0.29) is 23.3 Å². The summed E-state index contributed by atoms with van der Waals surface area (Å²) in [6, 6.07) is 1.34. The van der Waals surface area contributed by atoms with E-state index >= 15 is 0 Å². The summed E-state index contributed by atoms with van der Waals surface area (Å²) in [5.74, 6) is -0.872. The van der Waals surface area contributed by atoms with E-state index in [2.05, 4.69) is 5.32 Å². The molecule has 0 spiro atoms. The highest BCUT2D eigenvalue weighted by Crippen LogP contribution is 2.27. The first-order valence-corrected chi connectivity index (χ1v) is 6.20. The average Bonchev–Trinajstić information content (AvgIpc) is 3.00. The second-order valence-electron chi connectivity index (χ2n) is 4.81. The van der Waals surface area contributed by atoms with Crippen LogP contribution in [0.25, 0.3) is 0 Å². The molecule has 1 unspecified atom stereocenters. The van der Waals surface area contributed by atoms with E-state index in [0.29, 0.717) is 5.92 Å². The van der Waals surface area contributed by atoms with Crippen LogP contribution in [0, 0.1) is 5.92 Å². The minimum absolute atomic E-state index is 0.00586. The lowest BCUT2D eigenvalue weighted by Gasteiger charge is -2.19. The molecule has 5 nitrogen and oxygen atoms in total. The standard InChI is InChI=1S/C13H17NO4/c1-8(9-4-2-3-5-9)14-12(15)11-6-10(7-18-11)13(16)17/h6-9H,2-5H2,1H3,(H,14,15)(H,16,17). The van der Waals surface area contributed by atoms with Crippen LogP contribution in [0.5, 0.6) is 0 Å². The molecule has 1 fully saturated rings. The number of carboxylic acid groups (broad SMARTS) is 1. The number of rotatable bonds is 4. The zero-order valence-corrected chi connectivity index (χ0v) is 10.3. The molecule has 98 valence electrons. The van der Waals surface area contributed by atoms with Crippen molar-refractivity contribution in [3.05, 3.63) is 23.7 Å². The second kappa shape index (κ2) is 5.25. The van der Waals surface area contributed by atoms with Crippen LogP contribution < -0.4 is 5.32 Å². The summed E-state index contributed by atoms with van der Waals surface area (Å²) in [7, 11) is 0. The van der Waals surface area contributed by atoms with Crippen LogP contribution in [0.3, 0.4) is 0 Å². The number of carbonyl (C=O) groups is 2. The van der Waals surface area contributed by atoms with Crippen molar-refractivity contribution in [1.29, 1.82) is 0 Å². The number of amides is 1. The van der Waals surface area contributed by atoms with Gasteiger partial charge in [-0.05, 0) is 25.7 Å². The Bertz CT molecular complexity index is 446. The monoisotopic (exact) mass is 251 g/mol. The van der Waals surface area contributed by atoms with E-state index in [4.69, 9.17) is 9.52 Å². The Morgan fingerprint density at radius 1 is 1.44 bits per heavy atom. The van der Waals surface area contributed by atoms with Gasteiger partial charge in [-0.3, -0.25) is 4.79 Å². The maximum Gasteiger partial charge on any atom is 0.338 e. The van der Waals surface area contributed by atoms with Crippen LogP contribution in [0.4, 0.5) is 0 Å². The quantitative estimate of drug-likeness (QED) is 0.860. The highest BCUT2D eigenvalue weighted by molar-refractivity contribution is 5.95. The lowest BCUT2D eigenvalue weighted by molar-refractivity contribution is 0.0695. The maximum atomic E-state index is 11.8. The van der Waals surface area contributed by atoms with Crippen molar-refractivity contribution in [3.63, 3.8) is 0 Å². The van der Waals surface area contributed by atoms with E-state index in [9.17, 15) is 9.59 Å². The molecule has 0 aliphatic heterocycles. The molecule has 1 amide bonds. The highest BCUT2D eigenvalue weighted by Gasteiger charge is 2.24. The summed E-state index contributed by atoms with van der Waals surface area (Å²) in [5.41, 5.74) is -0.00586. The van der Waals surface area contributed by atoms with E-state index in [1.807, 2.05) is 6.92 Å². The first-order valence-electron chi connectivity index (χ1n) is 6.20. The molecule has 5 heteroatoms. The first-order chi connectivity index (χ1) is 8.58. The molecular formula is C13H17NO4. The molecule has 1 aromatic rings. The number of nitrogens with one attached hydrogen (secondary N) is 1. The molecule has 0 aromatic carbocycles. The van der Waals surface area contributed by atoms with Crippen LogP contribution in [0.15, 0.2) is 16.7 Å². The van der Waals surface area contributed by atoms with Crippen molar-refractivity contribution in [2.24, 2.45) is 5.92 Å². The molecule has 0 radical (unpaired) electrons. The smallest absolute Gasteiger partial charge is 0.338 e. The topological polar surface area (TPSA) is 79.5 Å². The summed E-state index contributed by atoms with van der Waals surface area (Å²) in [6.45, 7) is 1.98. The Morgan fingerprint density at radius 2 is 2.11 bits per heavy atom. The predicted molar refractivity (Wildman–Crippen MR) is 64.6 cm³/mol. The summed E-state index contributed by atoms with van der Waals surface area (Å²) in [6.07, 6.45) is 5.79. The van der Waals surface area contributed by atoms with Crippen molar-refractivity contribution in [2.75, 3.05) is 0 Å². The highest BCUT2D eigenvalue weighted by atomic mass is 16.4. The van der Waals surface area contributed by atoms with Crippen molar-refractivity contribution in [1.82, 2.24) is 5.32 Å². The predicted octanol–water partition coefficient (Wildman–Crippen LogP) is 2.29. The summed E-state index contributed by atoms with van der Waals surface area (Å²) < 4.78 is 4.96. The SMILES string of the molecule is CC(NC(=O)c1cc(C(=O)O)co1)C1CCCC1. The third kappa shape index (κ3) is 2.72. The number of hydrogen-bond acceptors (Lipinski definition) is 3. The Labute approximate surface area is 105 Å². The van der Waals surface area contributed by atoms with Crippen molar-refractivity contribution in [3.8, 4) is 0 Å². The lowest BCUT2D eigenvalue weighted by Crippen LogP contribution is -2.37. The third-order valence-electron chi connectivity index (χ3n) is 3.54. The molecule has 1 aliphatic rings. The van der Waals surface area contributed by atoms with Gasteiger partial charge in [0.2, 0.25) is 0 Å². The summed E-state index contributed by atoms with van der Waals surface area (Å²) in [4.78, 5) is 22.5. The van der Waals surface area contributed by atoms with Crippen LogP contribution in [0.1, 0.15) is 53.5 Å². The fourth-order valence-electron chi connectivity index (χ4n) is 2.42. The molecule has 0 bridgehead atoms. The Morgan fingerprint density at radius 3 is 2.67 bits per heavy atom. The number of carboxylic acids is 1. The van der Waals surface area contributed by atoms with Gasteiger partial charge in [0, 0.05) is 12.1 Å². The van der Waals surface area contributed by atoms with E-state index in [1.54, 1.807) is 0 Å². The minimum Gasteiger partial charge on any atom is -0.478 e. The van der Waals surface area contributed by atoms with Gasteiger partial charge < -0.3 is 14.8 Å². The minimum atomic E-state index is -1.10.